The van der Waals surface area contributed by atoms with E-state index < -0.39 is 63.0 Å². The monoisotopic (exact) mass is 353 g/mol. The van der Waals surface area contributed by atoms with E-state index in [0.717, 1.165) is 0 Å². The maximum absolute atomic E-state index is 11.7. The van der Waals surface area contributed by atoms with E-state index in [9.17, 15) is 14.4 Å². The van der Waals surface area contributed by atoms with Crippen molar-refractivity contribution in [3.63, 3.8) is 0 Å². The van der Waals surface area contributed by atoms with Crippen molar-refractivity contribution < 1.29 is 46.9 Å². The largest absolute Gasteiger partial charge is 0.463 e. The molecule has 140 valence electrons. The second kappa shape index (κ2) is 11.8. The smallest absolute Gasteiger partial charge is 0.303 e. The van der Waals surface area contributed by atoms with Crippen molar-refractivity contribution in [2.24, 2.45) is 0 Å². The predicted octanol–water partition coefficient (Wildman–Crippen LogP) is 0.0893. The minimum absolute atomic E-state index is 0.190. The molecule has 0 unspecified atom stereocenters. The second-order valence-corrected chi connectivity index (χ2v) is 4.60. The molecule has 0 N–H and O–H groups in total. The van der Waals surface area contributed by atoms with Crippen LogP contribution in [0.4, 0.5) is 0 Å². The molecule has 0 aliphatic rings. The Morgan fingerprint density at radius 1 is 0.792 bits per heavy atom. The highest BCUT2D eigenvalue weighted by molar-refractivity contribution is 5.67. The Morgan fingerprint density at radius 2 is 1.42 bits per heavy atom. The van der Waals surface area contributed by atoms with E-state index in [2.05, 4.69) is 0 Å². The number of hydrogen-bond donors (Lipinski definition) is 0. The Kier molecular flexibility index (Phi) is 8.40. The summed E-state index contributed by atoms with van der Waals surface area (Å²) in [7, 11) is 3.91. The molecule has 0 aromatic carbocycles. The van der Waals surface area contributed by atoms with Gasteiger partial charge in [0.05, 0.1) is 6.61 Å². The zero-order valence-electron chi connectivity index (χ0n) is 17.0. The lowest BCUT2D eigenvalue weighted by Gasteiger charge is -2.34. The van der Waals surface area contributed by atoms with Crippen LogP contribution in [0.3, 0.4) is 0 Å². The summed E-state index contributed by atoms with van der Waals surface area (Å²) in [6, 6.07) is 0. The topological polar surface area (TPSA) is 107 Å². The van der Waals surface area contributed by atoms with Gasteiger partial charge in [0.15, 0.2) is 12.2 Å². The molecule has 0 amide bonds. The van der Waals surface area contributed by atoms with Gasteiger partial charge in [-0.15, -0.1) is 0 Å². The average Bonchev–Trinajstić information content (AvgIpc) is 2.68. The van der Waals surface area contributed by atoms with Crippen LogP contribution in [0, 0.1) is 0 Å². The fraction of sp³-hybridized carbons (Fsp3) is 0.800. The van der Waals surface area contributed by atoms with Crippen LogP contribution in [-0.2, 0) is 42.8 Å². The van der Waals surface area contributed by atoms with Crippen LogP contribution < -0.4 is 0 Å². The Bertz CT molecular complexity index is 464. The molecule has 4 atom stereocenters. The lowest BCUT2D eigenvalue weighted by molar-refractivity contribution is -0.196. The summed E-state index contributed by atoms with van der Waals surface area (Å²) in [5.74, 6) is -2.59. The molecule has 0 fully saturated rings. The standard InChI is InChI=1S/C15H26O9/c1-9(16)22-8-12(20-5)14(21-6)15(24-11(3)18)13(7-19-4)23-10(2)17/h12-15H,7-8H2,1-6H3/t12-,13-,14-,15-/m1/s1/i1D,2D,3D. The van der Waals surface area contributed by atoms with E-state index >= 15 is 0 Å². The van der Waals surface area contributed by atoms with Gasteiger partial charge in [-0.05, 0) is 0 Å². The Morgan fingerprint density at radius 3 is 1.92 bits per heavy atom. The van der Waals surface area contributed by atoms with Gasteiger partial charge in [0.25, 0.3) is 0 Å². The number of carbonyl (C=O) groups excluding carboxylic acids is 3. The molecule has 0 saturated heterocycles. The molecule has 0 aromatic heterocycles. The van der Waals surface area contributed by atoms with Gasteiger partial charge < -0.3 is 28.4 Å². The Balaban J connectivity index is 5.60. The summed E-state index contributed by atoms with van der Waals surface area (Å²) in [6.07, 6.45) is -4.42. The minimum Gasteiger partial charge on any atom is -0.463 e. The molecule has 0 aliphatic carbocycles. The van der Waals surface area contributed by atoms with Crippen LogP contribution in [-0.4, -0.2) is 76.9 Å². The number of ether oxygens (including phenoxy) is 6. The van der Waals surface area contributed by atoms with Crippen LogP contribution in [0.25, 0.3) is 0 Å². The SMILES string of the molecule is [2H]CC(=O)OC[C@@H](OC)[C@@H](OC)[C@H](OC(=O)C[2H])[C@@H](COC)OC(=O)C[2H]. The van der Waals surface area contributed by atoms with Gasteiger partial charge in [0.2, 0.25) is 0 Å². The molecule has 0 saturated carbocycles. The average molecular weight is 353 g/mol. The number of methoxy groups -OCH3 is 3. The number of hydrogen-bond acceptors (Lipinski definition) is 9. The first-order valence-corrected chi connectivity index (χ1v) is 6.85. The van der Waals surface area contributed by atoms with Crippen LogP contribution in [0.15, 0.2) is 0 Å². The lowest BCUT2D eigenvalue weighted by atomic mass is 10.0. The van der Waals surface area contributed by atoms with Gasteiger partial charge in [-0.1, -0.05) is 0 Å². The highest BCUT2D eigenvalue weighted by Crippen LogP contribution is 2.18. The second-order valence-electron chi connectivity index (χ2n) is 4.60. The Labute approximate surface area is 145 Å². The van der Waals surface area contributed by atoms with Gasteiger partial charge in [-0.2, -0.15) is 0 Å². The molecule has 0 radical (unpaired) electrons. The third kappa shape index (κ3) is 8.23. The quantitative estimate of drug-likeness (QED) is 0.377. The molecule has 0 rings (SSSR count). The van der Waals surface area contributed by atoms with Crippen molar-refractivity contribution in [1.82, 2.24) is 0 Å². The predicted molar refractivity (Wildman–Crippen MR) is 81.2 cm³/mol. The fourth-order valence-corrected chi connectivity index (χ4v) is 2.00. The number of esters is 3. The van der Waals surface area contributed by atoms with E-state index in [4.69, 9.17) is 32.5 Å². The molecule has 0 spiro atoms. The van der Waals surface area contributed by atoms with E-state index in [1.807, 2.05) is 0 Å². The molecule has 0 bridgehead atoms. The molecule has 9 heteroatoms. The Hall–Kier alpha value is -1.71. The first-order valence-electron chi connectivity index (χ1n) is 8.97. The zero-order chi connectivity index (χ0) is 20.8. The van der Waals surface area contributed by atoms with Crippen LogP contribution in [0.2, 0.25) is 0 Å². The van der Waals surface area contributed by atoms with Crippen LogP contribution >= 0.6 is 0 Å². The third-order valence-corrected chi connectivity index (χ3v) is 2.92. The van der Waals surface area contributed by atoms with Crippen molar-refractivity contribution in [3.8, 4) is 0 Å². The third-order valence-electron chi connectivity index (χ3n) is 2.92. The van der Waals surface area contributed by atoms with Crippen molar-refractivity contribution in [3.05, 3.63) is 0 Å². The highest BCUT2D eigenvalue weighted by Gasteiger charge is 2.40. The summed E-state index contributed by atoms with van der Waals surface area (Å²) in [6.45, 7) is -2.44. The molecule has 24 heavy (non-hydrogen) atoms. The normalized spacial score (nSPS) is 17.4. The van der Waals surface area contributed by atoms with Crippen molar-refractivity contribution in [1.29, 1.82) is 0 Å². The van der Waals surface area contributed by atoms with E-state index in [1.54, 1.807) is 0 Å². The van der Waals surface area contributed by atoms with Crippen molar-refractivity contribution in [2.75, 3.05) is 34.5 Å². The van der Waals surface area contributed by atoms with Crippen LogP contribution in [0.5, 0.6) is 0 Å². The van der Waals surface area contributed by atoms with E-state index in [1.165, 1.54) is 21.3 Å². The van der Waals surface area contributed by atoms with Gasteiger partial charge in [0, 0.05) is 46.1 Å². The summed E-state index contributed by atoms with van der Waals surface area (Å²) in [5, 5.41) is 0. The molecule has 0 heterocycles. The van der Waals surface area contributed by atoms with Crippen LogP contribution in [0.1, 0.15) is 24.8 Å². The first kappa shape index (κ1) is 17.1. The van der Waals surface area contributed by atoms with Gasteiger partial charge in [0.1, 0.15) is 18.8 Å². The molecular weight excluding hydrogens is 324 g/mol. The lowest BCUT2D eigenvalue weighted by Crippen LogP contribution is -2.52. The highest BCUT2D eigenvalue weighted by atomic mass is 16.6. The summed E-state index contributed by atoms with van der Waals surface area (Å²) in [5.41, 5.74) is 0. The minimum atomic E-state index is -1.26. The number of rotatable bonds is 11. The van der Waals surface area contributed by atoms with E-state index in [-0.39, 0.29) is 13.2 Å². The van der Waals surface area contributed by atoms with E-state index in [0.29, 0.717) is 0 Å². The van der Waals surface area contributed by atoms with Gasteiger partial charge >= 0.3 is 17.9 Å². The van der Waals surface area contributed by atoms with Crippen molar-refractivity contribution in [2.45, 2.75) is 45.1 Å². The summed E-state index contributed by atoms with van der Waals surface area (Å²) < 4.78 is 51.9. The van der Waals surface area contributed by atoms with Gasteiger partial charge in [-0.25, -0.2) is 0 Å². The summed E-state index contributed by atoms with van der Waals surface area (Å²) >= 11 is 0. The molecule has 0 aromatic rings. The molecular formula is C15H26O9. The fourth-order valence-electron chi connectivity index (χ4n) is 2.00. The van der Waals surface area contributed by atoms with Gasteiger partial charge in [-0.3, -0.25) is 14.4 Å². The maximum atomic E-state index is 11.7. The van der Waals surface area contributed by atoms with Crippen molar-refractivity contribution >= 4 is 17.9 Å². The molecule has 9 nitrogen and oxygen atoms in total. The number of carbonyl (C=O) groups is 3. The summed E-state index contributed by atoms with van der Waals surface area (Å²) in [4.78, 5) is 34.5. The maximum Gasteiger partial charge on any atom is 0.303 e. The first-order chi connectivity index (χ1) is 12.9. The zero-order valence-corrected chi connectivity index (χ0v) is 14.0. The molecule has 0 aliphatic heterocycles.